The lowest BCUT2D eigenvalue weighted by Crippen LogP contribution is -2.23. The van der Waals surface area contributed by atoms with E-state index in [1.54, 1.807) is 0 Å². The summed E-state index contributed by atoms with van der Waals surface area (Å²) in [5.74, 6) is 0. The van der Waals surface area contributed by atoms with Crippen molar-refractivity contribution in [1.82, 2.24) is 0 Å². The van der Waals surface area contributed by atoms with Crippen LogP contribution >= 0.6 is 0 Å². The molecule has 7 rings (SSSR count). The van der Waals surface area contributed by atoms with Gasteiger partial charge in [-0.2, -0.15) is 0 Å². The van der Waals surface area contributed by atoms with Crippen LogP contribution in [-0.4, -0.2) is 0 Å². The van der Waals surface area contributed by atoms with Crippen molar-refractivity contribution >= 4 is 28.6 Å². The zero-order chi connectivity index (χ0) is 35.8. The standard InChI is InChI=1S/C39H34N2.4C2H6/c1-28-10-6-7-25-40(35-21-17-31(18-22-35)30-12-4-3-5-13-30)39-24-20-33(27-37(28)39)32-19-23-38-34(26-32)14-8-11-29(2)41(38)36-15-9-16-36;4*1-2/h3-8,10-15,17,19-21,23-27H,1,9,16,18,22H2,2H3;4*1-2H3/b10-6-,25-7-;;;;. The van der Waals surface area contributed by atoms with Crippen LogP contribution in [0.25, 0.3) is 28.3 Å². The second-order valence-electron chi connectivity index (χ2n) is 11.1. The maximum atomic E-state index is 4.45. The van der Waals surface area contributed by atoms with Crippen LogP contribution < -0.4 is 9.80 Å². The number of rotatable bonds is 4. The maximum absolute atomic E-state index is 4.45. The van der Waals surface area contributed by atoms with E-state index in [9.17, 15) is 0 Å². The third-order valence-electron chi connectivity index (χ3n) is 8.46. The van der Waals surface area contributed by atoms with E-state index in [4.69, 9.17) is 0 Å². The van der Waals surface area contributed by atoms with E-state index in [1.165, 1.54) is 62.7 Å². The van der Waals surface area contributed by atoms with Gasteiger partial charge in [-0.25, -0.2) is 0 Å². The average Bonchev–Trinajstić information content (AvgIpc) is 3.31. The largest absolute Gasteiger partial charge is 0.320 e. The molecule has 2 aliphatic heterocycles. The van der Waals surface area contributed by atoms with Gasteiger partial charge >= 0.3 is 0 Å². The van der Waals surface area contributed by atoms with Crippen LogP contribution in [0, 0.1) is 0 Å². The number of hydrogen-bond donors (Lipinski definition) is 0. The van der Waals surface area contributed by atoms with E-state index in [0.29, 0.717) is 0 Å². The lowest BCUT2D eigenvalue weighted by Gasteiger charge is -2.32. The number of benzene rings is 3. The highest BCUT2D eigenvalue weighted by Gasteiger charge is 2.22. The van der Waals surface area contributed by atoms with Crippen molar-refractivity contribution in [3.63, 3.8) is 0 Å². The highest BCUT2D eigenvalue weighted by molar-refractivity contribution is 5.88. The molecule has 0 unspecified atom stereocenters. The fourth-order valence-corrected chi connectivity index (χ4v) is 6.12. The lowest BCUT2D eigenvalue weighted by atomic mass is 9.93. The van der Waals surface area contributed by atoms with Gasteiger partial charge in [0.1, 0.15) is 0 Å². The second-order valence-corrected chi connectivity index (χ2v) is 11.1. The Morgan fingerprint density at radius 2 is 1.27 bits per heavy atom. The Bertz CT molecular complexity index is 1750. The molecule has 0 saturated heterocycles. The van der Waals surface area contributed by atoms with E-state index >= 15 is 0 Å². The SMILES string of the molecule is C=C1/C=C\C=C/N(C2=CC=C(c3ccccc3)CC2)c2ccc(-c3ccc4c(c3)C=CC=C(C)N4C3=CCC3)cc21.CC.CC.CC.CC. The smallest absolute Gasteiger partial charge is 0.0530 e. The van der Waals surface area contributed by atoms with Gasteiger partial charge in [-0.3, -0.25) is 0 Å². The third-order valence-corrected chi connectivity index (χ3v) is 8.46. The summed E-state index contributed by atoms with van der Waals surface area (Å²) >= 11 is 0. The molecule has 3 aromatic carbocycles. The van der Waals surface area contributed by atoms with Gasteiger partial charge in [-0.15, -0.1) is 0 Å². The molecule has 0 amide bonds. The predicted octanol–water partition coefficient (Wildman–Crippen LogP) is 14.5. The molecule has 2 heteroatoms. The van der Waals surface area contributed by atoms with Gasteiger partial charge in [-0.1, -0.05) is 141 Å². The minimum Gasteiger partial charge on any atom is -0.320 e. The zero-order valence-corrected chi connectivity index (χ0v) is 31.6. The normalized spacial score (nSPS) is 16.6. The summed E-state index contributed by atoms with van der Waals surface area (Å²) in [5.41, 5.74) is 14.9. The molecule has 4 aliphatic rings. The number of allylic oxidation sites excluding steroid dienone is 13. The zero-order valence-electron chi connectivity index (χ0n) is 31.6. The molecule has 0 spiro atoms. The Labute approximate surface area is 298 Å². The van der Waals surface area contributed by atoms with Gasteiger partial charge in [0, 0.05) is 28.9 Å². The Hall–Kier alpha value is -4.82. The summed E-state index contributed by atoms with van der Waals surface area (Å²) in [5, 5.41) is 0. The molecule has 0 saturated carbocycles. The van der Waals surface area contributed by atoms with E-state index < -0.39 is 0 Å². The minimum atomic E-state index is 0.986. The highest BCUT2D eigenvalue weighted by atomic mass is 15.2. The summed E-state index contributed by atoms with van der Waals surface area (Å²) in [6.07, 6.45) is 26.3. The first-order valence-corrected chi connectivity index (χ1v) is 18.6. The van der Waals surface area contributed by atoms with Crippen molar-refractivity contribution in [2.75, 3.05) is 9.80 Å². The number of nitrogens with zero attached hydrogens (tertiary/aromatic N) is 2. The predicted molar refractivity (Wildman–Crippen MR) is 221 cm³/mol. The first-order chi connectivity index (χ1) is 24.2. The number of anilines is 2. The molecule has 0 radical (unpaired) electrons. The first-order valence-electron chi connectivity index (χ1n) is 18.6. The van der Waals surface area contributed by atoms with Crippen LogP contribution in [0.3, 0.4) is 0 Å². The molecule has 0 fully saturated rings. The van der Waals surface area contributed by atoms with E-state index in [1.807, 2.05) is 55.4 Å². The van der Waals surface area contributed by atoms with Crippen molar-refractivity contribution in [3.05, 3.63) is 162 Å². The highest BCUT2D eigenvalue weighted by Crippen LogP contribution is 2.41. The van der Waals surface area contributed by atoms with Gasteiger partial charge in [0.15, 0.2) is 0 Å². The molecular formula is C47H58N2. The Morgan fingerprint density at radius 1 is 0.592 bits per heavy atom. The number of fused-ring (bicyclic) bond motifs is 2. The molecule has 0 aromatic heterocycles. The lowest BCUT2D eigenvalue weighted by molar-refractivity contribution is 0.817. The Kier molecular flexibility index (Phi) is 15.7. The Balaban J connectivity index is 0.000000760. The van der Waals surface area contributed by atoms with Crippen LogP contribution in [0.5, 0.6) is 0 Å². The van der Waals surface area contributed by atoms with Crippen molar-refractivity contribution in [3.8, 4) is 11.1 Å². The van der Waals surface area contributed by atoms with E-state index in [2.05, 4.69) is 151 Å². The molecule has 0 atom stereocenters. The quantitative estimate of drug-likeness (QED) is 0.277. The molecule has 49 heavy (non-hydrogen) atoms. The fraction of sp³-hybridized carbons (Fsp3) is 0.277. The van der Waals surface area contributed by atoms with Crippen LogP contribution in [0.4, 0.5) is 11.4 Å². The van der Waals surface area contributed by atoms with Crippen molar-refractivity contribution in [1.29, 1.82) is 0 Å². The number of hydrogen-bond acceptors (Lipinski definition) is 2. The van der Waals surface area contributed by atoms with Crippen LogP contribution in [0.15, 0.2) is 145 Å². The topological polar surface area (TPSA) is 6.48 Å². The van der Waals surface area contributed by atoms with Crippen LogP contribution in [0.2, 0.25) is 0 Å². The average molecular weight is 651 g/mol. The first kappa shape index (κ1) is 38.6. The van der Waals surface area contributed by atoms with Gasteiger partial charge in [-0.05, 0) is 109 Å². The van der Waals surface area contributed by atoms with Crippen molar-refractivity contribution < 1.29 is 0 Å². The summed E-state index contributed by atoms with van der Waals surface area (Å²) < 4.78 is 0. The summed E-state index contributed by atoms with van der Waals surface area (Å²) in [6, 6.07) is 24.4. The summed E-state index contributed by atoms with van der Waals surface area (Å²) in [6.45, 7) is 22.6. The molecule has 2 aliphatic carbocycles. The van der Waals surface area contributed by atoms with Gasteiger partial charge in [0.25, 0.3) is 0 Å². The maximum Gasteiger partial charge on any atom is 0.0530 e. The van der Waals surface area contributed by atoms with Gasteiger partial charge in [0.05, 0.1) is 11.4 Å². The van der Waals surface area contributed by atoms with Crippen molar-refractivity contribution in [2.24, 2.45) is 0 Å². The molecule has 0 bridgehead atoms. The Morgan fingerprint density at radius 3 is 1.90 bits per heavy atom. The van der Waals surface area contributed by atoms with Gasteiger partial charge in [0.2, 0.25) is 0 Å². The van der Waals surface area contributed by atoms with Crippen molar-refractivity contribution in [2.45, 2.75) is 88.0 Å². The fourth-order valence-electron chi connectivity index (χ4n) is 6.12. The van der Waals surface area contributed by atoms with Crippen LogP contribution in [0.1, 0.15) is 105 Å². The van der Waals surface area contributed by atoms with Crippen LogP contribution in [-0.2, 0) is 0 Å². The minimum absolute atomic E-state index is 0.986. The molecule has 2 nitrogen and oxygen atoms in total. The molecule has 3 aromatic rings. The van der Waals surface area contributed by atoms with E-state index in [0.717, 1.165) is 30.4 Å². The monoisotopic (exact) mass is 650 g/mol. The molecule has 0 N–H and O–H groups in total. The summed E-state index contributed by atoms with van der Waals surface area (Å²) in [4.78, 5) is 4.75. The van der Waals surface area contributed by atoms with Gasteiger partial charge < -0.3 is 9.80 Å². The van der Waals surface area contributed by atoms with E-state index in [-0.39, 0.29) is 0 Å². The second kappa shape index (κ2) is 19.9. The molecule has 256 valence electrons. The molecular weight excluding hydrogens is 593 g/mol. The third kappa shape index (κ3) is 9.00. The molecule has 2 heterocycles. The summed E-state index contributed by atoms with van der Waals surface area (Å²) in [7, 11) is 0.